The Labute approximate surface area is 161 Å². The van der Waals surface area contributed by atoms with Crippen LogP contribution in [0.1, 0.15) is 72.1 Å². The van der Waals surface area contributed by atoms with E-state index in [0.717, 1.165) is 44.9 Å². The molecule has 6 nitrogen and oxygen atoms in total. The predicted octanol–water partition coefficient (Wildman–Crippen LogP) is 2.81. The lowest BCUT2D eigenvalue weighted by atomic mass is 9.81. The number of hydrogen-bond donors (Lipinski definition) is 1. The summed E-state index contributed by atoms with van der Waals surface area (Å²) < 4.78 is 0. The number of carbonyl (C=O) groups excluding carboxylic acids is 3. The summed E-state index contributed by atoms with van der Waals surface area (Å²) in [5.74, 6) is -0.398. The Morgan fingerprint density at radius 1 is 1.00 bits per heavy atom. The van der Waals surface area contributed by atoms with Crippen LogP contribution in [0.15, 0.2) is 0 Å². The molecule has 0 radical (unpaired) electrons. The first-order chi connectivity index (χ1) is 12.8. The maximum atomic E-state index is 13.2. The summed E-state index contributed by atoms with van der Waals surface area (Å²) in [5.41, 5.74) is 2.04. The van der Waals surface area contributed by atoms with Crippen LogP contribution < -0.4 is 5.48 Å². The fourth-order valence-electron chi connectivity index (χ4n) is 5.96. The summed E-state index contributed by atoms with van der Waals surface area (Å²) in [7, 11) is 0. The number of carbonyl (C=O) groups is 3. The van der Waals surface area contributed by atoms with Gasteiger partial charge in [0.05, 0.1) is 17.9 Å². The van der Waals surface area contributed by atoms with Crippen LogP contribution in [0.3, 0.4) is 0 Å². The first kappa shape index (κ1) is 18.9. The third-order valence-electron chi connectivity index (χ3n) is 7.17. The van der Waals surface area contributed by atoms with E-state index in [4.69, 9.17) is 4.84 Å². The number of fused-ring (bicyclic) bond motifs is 5. The smallest absolute Gasteiger partial charge is 0.267 e. The molecular formula is C21H32N2O4. The maximum Gasteiger partial charge on any atom is 0.267 e. The highest BCUT2D eigenvalue weighted by molar-refractivity contribution is 6.09. The average Bonchev–Trinajstić information content (AvgIpc) is 3.30. The van der Waals surface area contributed by atoms with Crippen LogP contribution in [0.2, 0.25) is 0 Å². The van der Waals surface area contributed by atoms with E-state index in [0.29, 0.717) is 11.8 Å². The zero-order valence-electron chi connectivity index (χ0n) is 16.7. The lowest BCUT2D eigenvalue weighted by Gasteiger charge is -2.36. The number of imide groups is 1. The molecule has 0 aromatic heterocycles. The van der Waals surface area contributed by atoms with E-state index < -0.39 is 11.5 Å². The molecule has 4 aliphatic rings. The topological polar surface area (TPSA) is 75.7 Å². The Morgan fingerprint density at radius 3 is 2.07 bits per heavy atom. The number of hydrogen-bond acceptors (Lipinski definition) is 4. The largest absolute Gasteiger partial charge is 0.274 e. The molecule has 6 heteroatoms. The van der Waals surface area contributed by atoms with Crippen LogP contribution >= 0.6 is 0 Å². The molecule has 4 fully saturated rings. The summed E-state index contributed by atoms with van der Waals surface area (Å²) in [6, 6.07) is -0.828. The van der Waals surface area contributed by atoms with Crippen LogP contribution in [-0.4, -0.2) is 34.8 Å². The Balaban J connectivity index is 1.51. The van der Waals surface area contributed by atoms with Gasteiger partial charge in [0, 0.05) is 0 Å². The molecular weight excluding hydrogens is 344 g/mol. The lowest BCUT2D eigenvalue weighted by molar-refractivity contribution is -0.160. The first-order valence-electron chi connectivity index (χ1n) is 10.6. The van der Waals surface area contributed by atoms with Gasteiger partial charge in [-0.2, -0.15) is 0 Å². The molecule has 1 aliphatic heterocycles. The number of nitrogens with zero attached hydrogens (tertiary/aromatic N) is 1. The van der Waals surface area contributed by atoms with Gasteiger partial charge in [-0.3, -0.25) is 24.1 Å². The van der Waals surface area contributed by atoms with Crippen molar-refractivity contribution in [3.05, 3.63) is 0 Å². The van der Waals surface area contributed by atoms with Crippen molar-refractivity contribution in [1.29, 1.82) is 0 Å². The second-order valence-corrected chi connectivity index (χ2v) is 10.0. The van der Waals surface area contributed by atoms with Gasteiger partial charge in [-0.25, -0.2) is 5.48 Å². The van der Waals surface area contributed by atoms with Gasteiger partial charge in [0.25, 0.3) is 5.91 Å². The fraction of sp³-hybridized carbons (Fsp3) is 0.857. The molecule has 0 aromatic carbocycles. The van der Waals surface area contributed by atoms with Crippen molar-refractivity contribution in [2.75, 3.05) is 0 Å². The van der Waals surface area contributed by atoms with Crippen molar-refractivity contribution >= 4 is 17.7 Å². The minimum atomic E-state index is -0.828. The van der Waals surface area contributed by atoms with Crippen molar-refractivity contribution in [3.63, 3.8) is 0 Å². The highest BCUT2D eigenvalue weighted by Gasteiger charge is 2.63. The van der Waals surface area contributed by atoms with Crippen molar-refractivity contribution in [2.24, 2.45) is 29.1 Å². The van der Waals surface area contributed by atoms with Gasteiger partial charge in [0.1, 0.15) is 6.04 Å². The number of likely N-dealkylation sites (tertiary alicyclic amines) is 1. The van der Waals surface area contributed by atoms with E-state index in [1.807, 2.05) is 20.8 Å². The SMILES string of the molecule is CC(C)(C)[C@@H](C(=O)NOC1CCCCC1)N1C(=O)[C@@H]2[C@@H]3CC[C@@H](C3)[C@@H]2C1=O. The molecule has 27 heavy (non-hydrogen) atoms. The summed E-state index contributed by atoms with van der Waals surface area (Å²) in [6.07, 6.45) is 8.41. The van der Waals surface area contributed by atoms with Gasteiger partial charge in [0.2, 0.25) is 11.8 Å². The van der Waals surface area contributed by atoms with Crippen molar-refractivity contribution in [1.82, 2.24) is 10.4 Å². The number of amides is 3. The highest BCUT2D eigenvalue weighted by atomic mass is 16.7. The van der Waals surface area contributed by atoms with Gasteiger partial charge in [-0.15, -0.1) is 0 Å². The molecule has 3 saturated carbocycles. The predicted molar refractivity (Wildman–Crippen MR) is 99.0 cm³/mol. The summed E-state index contributed by atoms with van der Waals surface area (Å²) >= 11 is 0. The minimum Gasteiger partial charge on any atom is -0.274 e. The average molecular weight is 376 g/mol. The van der Waals surface area contributed by atoms with E-state index in [1.54, 1.807) is 0 Å². The molecule has 0 unspecified atom stereocenters. The Hall–Kier alpha value is -1.43. The van der Waals surface area contributed by atoms with Crippen LogP contribution in [0.4, 0.5) is 0 Å². The Bertz CT molecular complexity index is 607. The molecule has 1 saturated heterocycles. The highest BCUT2D eigenvalue weighted by Crippen LogP contribution is 2.56. The third kappa shape index (κ3) is 3.20. The standard InChI is InChI=1S/C21H32N2O4/c1-21(2,3)17(18(24)22-27-14-7-5-4-6-8-14)23-19(25)15-12-9-10-13(11-12)16(15)20(23)26/h12-17H,4-11H2,1-3H3,(H,22,24)/t12-,13+,15-,16+,17-/m1/s1. The van der Waals surface area contributed by atoms with E-state index in [-0.39, 0.29) is 35.7 Å². The summed E-state index contributed by atoms with van der Waals surface area (Å²) in [5, 5.41) is 0. The molecule has 5 atom stereocenters. The summed E-state index contributed by atoms with van der Waals surface area (Å²) in [6.45, 7) is 5.71. The second kappa shape index (κ2) is 6.87. The quantitative estimate of drug-likeness (QED) is 0.605. The van der Waals surface area contributed by atoms with E-state index >= 15 is 0 Å². The molecule has 150 valence electrons. The normalized spacial score (nSPS) is 34.9. The molecule has 3 amide bonds. The van der Waals surface area contributed by atoms with E-state index in [2.05, 4.69) is 5.48 Å². The Morgan fingerprint density at radius 2 is 1.56 bits per heavy atom. The number of rotatable bonds is 4. The van der Waals surface area contributed by atoms with Gasteiger partial charge in [0.15, 0.2) is 0 Å². The van der Waals surface area contributed by atoms with Crippen LogP contribution in [0.25, 0.3) is 0 Å². The van der Waals surface area contributed by atoms with Crippen molar-refractivity contribution in [2.45, 2.75) is 84.3 Å². The van der Waals surface area contributed by atoms with Crippen LogP contribution in [0.5, 0.6) is 0 Å². The first-order valence-corrected chi connectivity index (χ1v) is 10.6. The minimum absolute atomic E-state index is 0.0310. The molecule has 1 N–H and O–H groups in total. The lowest BCUT2D eigenvalue weighted by Crippen LogP contribution is -2.56. The zero-order valence-corrected chi connectivity index (χ0v) is 16.7. The second-order valence-electron chi connectivity index (χ2n) is 10.0. The zero-order chi connectivity index (χ0) is 19.3. The van der Waals surface area contributed by atoms with Gasteiger partial charge in [-0.05, 0) is 49.4 Å². The van der Waals surface area contributed by atoms with Crippen molar-refractivity contribution < 1.29 is 19.2 Å². The molecule has 4 rings (SSSR count). The Kier molecular flexibility index (Phi) is 4.81. The molecule has 2 bridgehead atoms. The molecule has 1 heterocycles. The van der Waals surface area contributed by atoms with Gasteiger partial charge < -0.3 is 0 Å². The molecule has 3 aliphatic carbocycles. The van der Waals surface area contributed by atoms with Crippen molar-refractivity contribution in [3.8, 4) is 0 Å². The molecule has 0 aromatic rings. The number of hydroxylamine groups is 1. The summed E-state index contributed by atoms with van der Waals surface area (Å²) in [4.78, 5) is 46.3. The fourth-order valence-corrected chi connectivity index (χ4v) is 5.96. The van der Waals surface area contributed by atoms with Gasteiger partial charge in [-0.1, -0.05) is 40.0 Å². The molecule has 0 spiro atoms. The van der Waals surface area contributed by atoms with Gasteiger partial charge >= 0.3 is 0 Å². The maximum absolute atomic E-state index is 13.2. The third-order valence-corrected chi connectivity index (χ3v) is 7.17. The van der Waals surface area contributed by atoms with E-state index in [1.165, 1.54) is 11.3 Å². The van der Waals surface area contributed by atoms with Crippen LogP contribution in [0, 0.1) is 29.1 Å². The number of nitrogens with one attached hydrogen (secondary N) is 1. The monoisotopic (exact) mass is 376 g/mol. The van der Waals surface area contributed by atoms with Crippen LogP contribution in [-0.2, 0) is 19.2 Å². The van der Waals surface area contributed by atoms with E-state index in [9.17, 15) is 14.4 Å².